The maximum atomic E-state index is 13.6. The number of nitrogens with one attached hydrogen (secondary N) is 2. The Labute approximate surface area is 129 Å². The lowest BCUT2D eigenvalue weighted by atomic mass is 9.78. The van der Waals surface area contributed by atoms with E-state index in [0.29, 0.717) is 19.4 Å². The van der Waals surface area contributed by atoms with Gasteiger partial charge < -0.3 is 20.5 Å². The summed E-state index contributed by atoms with van der Waals surface area (Å²) in [5, 5.41) is 16.0. The Morgan fingerprint density at radius 1 is 1.45 bits per heavy atom. The molecule has 1 unspecified atom stereocenters. The van der Waals surface area contributed by atoms with Crippen LogP contribution in [-0.2, 0) is 9.53 Å². The average Bonchev–Trinajstić information content (AvgIpc) is 2.54. The minimum atomic E-state index is -1.06. The first-order chi connectivity index (χ1) is 10.6. The molecule has 1 aliphatic rings. The molecule has 122 valence electrons. The zero-order chi connectivity index (χ0) is 16.0. The third-order valence-electron chi connectivity index (χ3n) is 4.18. The van der Waals surface area contributed by atoms with Crippen molar-refractivity contribution in [2.24, 2.45) is 5.41 Å². The Balaban J connectivity index is 1.97. The van der Waals surface area contributed by atoms with Crippen LogP contribution in [0.15, 0.2) is 24.3 Å². The summed E-state index contributed by atoms with van der Waals surface area (Å²) in [6.07, 6.45) is 0.303. The van der Waals surface area contributed by atoms with Crippen LogP contribution in [0.2, 0.25) is 0 Å². The lowest BCUT2D eigenvalue weighted by Crippen LogP contribution is -2.50. The molecule has 0 spiro atoms. The number of methoxy groups -OCH3 is 1. The van der Waals surface area contributed by atoms with E-state index in [0.717, 1.165) is 13.1 Å². The van der Waals surface area contributed by atoms with E-state index in [9.17, 15) is 14.3 Å². The molecule has 1 aromatic rings. The molecule has 0 aromatic heterocycles. The van der Waals surface area contributed by atoms with Crippen molar-refractivity contribution in [1.29, 1.82) is 0 Å². The fourth-order valence-electron chi connectivity index (χ4n) is 2.85. The van der Waals surface area contributed by atoms with Gasteiger partial charge in [0.1, 0.15) is 5.82 Å². The summed E-state index contributed by atoms with van der Waals surface area (Å²) in [6, 6.07) is 6.02. The highest BCUT2D eigenvalue weighted by molar-refractivity contribution is 5.83. The summed E-state index contributed by atoms with van der Waals surface area (Å²) >= 11 is 0. The number of amides is 1. The van der Waals surface area contributed by atoms with Gasteiger partial charge in [0.25, 0.3) is 0 Å². The Bertz CT molecular complexity index is 498. The molecule has 1 aromatic carbocycles. The lowest BCUT2D eigenvalue weighted by Gasteiger charge is -2.35. The van der Waals surface area contributed by atoms with Crippen LogP contribution >= 0.6 is 0 Å². The van der Waals surface area contributed by atoms with Gasteiger partial charge >= 0.3 is 0 Å². The van der Waals surface area contributed by atoms with E-state index in [4.69, 9.17) is 4.74 Å². The van der Waals surface area contributed by atoms with Crippen LogP contribution in [0.5, 0.6) is 0 Å². The summed E-state index contributed by atoms with van der Waals surface area (Å²) in [5.41, 5.74) is -0.386. The van der Waals surface area contributed by atoms with Crippen LogP contribution in [0.3, 0.4) is 0 Å². The standard InChI is InChI=1S/C16H23FN2O3/c1-22-11-16(6-8-18-9-7-16)15(21)19-10-14(20)12-4-2-3-5-13(12)17/h2-5,14,18,20H,6-11H2,1H3,(H,19,21). The Kier molecular flexibility index (Phi) is 5.88. The molecule has 0 radical (unpaired) electrons. The Hall–Kier alpha value is -1.50. The number of piperidine rings is 1. The van der Waals surface area contributed by atoms with Gasteiger partial charge in [-0.1, -0.05) is 18.2 Å². The van der Waals surface area contributed by atoms with E-state index < -0.39 is 17.3 Å². The number of aliphatic hydroxyl groups is 1. The lowest BCUT2D eigenvalue weighted by molar-refractivity contribution is -0.136. The summed E-state index contributed by atoms with van der Waals surface area (Å²) in [4.78, 5) is 12.5. The number of hydrogen-bond acceptors (Lipinski definition) is 4. The van der Waals surface area contributed by atoms with Crippen molar-refractivity contribution in [3.8, 4) is 0 Å². The minimum Gasteiger partial charge on any atom is -0.386 e. The number of benzene rings is 1. The van der Waals surface area contributed by atoms with Crippen molar-refractivity contribution < 1.29 is 19.0 Å². The molecule has 6 heteroatoms. The average molecular weight is 310 g/mol. The maximum absolute atomic E-state index is 13.6. The minimum absolute atomic E-state index is 0.0152. The van der Waals surface area contributed by atoms with Gasteiger partial charge in [-0.3, -0.25) is 4.79 Å². The van der Waals surface area contributed by atoms with Crippen molar-refractivity contribution >= 4 is 5.91 Å². The van der Waals surface area contributed by atoms with Gasteiger partial charge in [-0.2, -0.15) is 0 Å². The van der Waals surface area contributed by atoms with Crippen molar-refractivity contribution in [2.75, 3.05) is 33.4 Å². The van der Waals surface area contributed by atoms with E-state index in [1.165, 1.54) is 12.1 Å². The van der Waals surface area contributed by atoms with Gasteiger partial charge in [0.2, 0.25) is 5.91 Å². The smallest absolute Gasteiger partial charge is 0.228 e. The predicted octanol–water partition coefficient (Wildman–Crippen LogP) is 0.991. The van der Waals surface area contributed by atoms with E-state index in [1.807, 2.05) is 0 Å². The monoisotopic (exact) mass is 310 g/mol. The van der Waals surface area contributed by atoms with Gasteiger partial charge in [-0.15, -0.1) is 0 Å². The van der Waals surface area contributed by atoms with Crippen molar-refractivity contribution in [2.45, 2.75) is 18.9 Å². The predicted molar refractivity (Wildman–Crippen MR) is 80.8 cm³/mol. The Morgan fingerprint density at radius 3 is 2.77 bits per heavy atom. The zero-order valence-corrected chi connectivity index (χ0v) is 12.8. The molecule has 1 amide bonds. The van der Waals surface area contributed by atoms with E-state index in [-0.39, 0.29) is 18.0 Å². The number of rotatable bonds is 6. The number of hydrogen-bond donors (Lipinski definition) is 3. The number of aliphatic hydroxyl groups excluding tert-OH is 1. The number of carbonyl (C=O) groups excluding carboxylic acids is 1. The highest BCUT2D eigenvalue weighted by Gasteiger charge is 2.39. The number of halogens is 1. The normalized spacial score (nSPS) is 18.7. The quantitative estimate of drug-likeness (QED) is 0.733. The molecule has 22 heavy (non-hydrogen) atoms. The second kappa shape index (κ2) is 7.67. The van der Waals surface area contributed by atoms with Crippen LogP contribution in [0, 0.1) is 11.2 Å². The molecule has 3 N–H and O–H groups in total. The Morgan fingerprint density at radius 2 is 2.14 bits per heavy atom. The molecule has 1 atom stereocenters. The van der Waals surface area contributed by atoms with Crippen LogP contribution in [0.1, 0.15) is 24.5 Å². The maximum Gasteiger partial charge on any atom is 0.228 e. The fourth-order valence-corrected chi connectivity index (χ4v) is 2.85. The van der Waals surface area contributed by atoms with Gasteiger partial charge in [0, 0.05) is 19.2 Å². The molecule has 0 aliphatic carbocycles. The first-order valence-electron chi connectivity index (χ1n) is 7.49. The molecule has 1 fully saturated rings. The molecule has 1 aliphatic heterocycles. The second-order valence-corrected chi connectivity index (χ2v) is 5.71. The van der Waals surface area contributed by atoms with Gasteiger partial charge in [-0.25, -0.2) is 4.39 Å². The van der Waals surface area contributed by atoms with Gasteiger partial charge in [0.05, 0.1) is 18.1 Å². The molecular weight excluding hydrogens is 287 g/mol. The summed E-state index contributed by atoms with van der Waals surface area (Å²) in [7, 11) is 1.57. The van der Waals surface area contributed by atoms with E-state index in [1.54, 1.807) is 19.2 Å². The first-order valence-corrected chi connectivity index (χ1v) is 7.49. The van der Waals surface area contributed by atoms with Crippen LogP contribution < -0.4 is 10.6 Å². The highest BCUT2D eigenvalue weighted by atomic mass is 19.1. The van der Waals surface area contributed by atoms with E-state index in [2.05, 4.69) is 10.6 Å². The summed E-state index contributed by atoms with van der Waals surface area (Å²) < 4.78 is 18.8. The zero-order valence-electron chi connectivity index (χ0n) is 12.8. The van der Waals surface area contributed by atoms with Crippen LogP contribution in [-0.4, -0.2) is 44.4 Å². The largest absolute Gasteiger partial charge is 0.386 e. The van der Waals surface area contributed by atoms with Crippen molar-refractivity contribution in [1.82, 2.24) is 10.6 Å². The fraction of sp³-hybridized carbons (Fsp3) is 0.562. The molecule has 1 heterocycles. The second-order valence-electron chi connectivity index (χ2n) is 5.71. The van der Waals surface area contributed by atoms with Crippen molar-refractivity contribution in [3.05, 3.63) is 35.6 Å². The molecule has 5 nitrogen and oxygen atoms in total. The molecule has 0 bridgehead atoms. The summed E-state index contributed by atoms with van der Waals surface area (Å²) in [6.45, 7) is 1.84. The molecular formula is C16H23FN2O3. The van der Waals surface area contributed by atoms with E-state index >= 15 is 0 Å². The summed E-state index contributed by atoms with van der Waals surface area (Å²) in [5.74, 6) is -0.621. The number of carbonyl (C=O) groups is 1. The van der Waals surface area contributed by atoms with Crippen LogP contribution in [0.25, 0.3) is 0 Å². The topological polar surface area (TPSA) is 70.6 Å². The number of ether oxygens (including phenoxy) is 1. The molecule has 2 rings (SSSR count). The molecule has 1 saturated heterocycles. The molecule has 0 saturated carbocycles. The van der Waals surface area contributed by atoms with Crippen LogP contribution in [0.4, 0.5) is 4.39 Å². The SMILES string of the molecule is COCC1(C(=O)NCC(O)c2ccccc2F)CCNCC1. The third kappa shape index (κ3) is 3.82. The highest BCUT2D eigenvalue weighted by Crippen LogP contribution is 2.29. The van der Waals surface area contributed by atoms with Gasteiger partial charge in [0.15, 0.2) is 0 Å². The van der Waals surface area contributed by atoms with Gasteiger partial charge in [-0.05, 0) is 32.0 Å². The third-order valence-corrected chi connectivity index (χ3v) is 4.18. The first kappa shape index (κ1) is 16.9. The van der Waals surface area contributed by atoms with Crippen molar-refractivity contribution in [3.63, 3.8) is 0 Å².